The smallest absolute Gasteiger partial charge is 0.178 e. The Labute approximate surface area is 172 Å². The molecule has 0 aliphatic heterocycles. The van der Waals surface area contributed by atoms with Crippen molar-refractivity contribution in [1.82, 2.24) is 4.57 Å². The van der Waals surface area contributed by atoms with Gasteiger partial charge in [0.2, 0.25) is 0 Å². The summed E-state index contributed by atoms with van der Waals surface area (Å²) in [6.45, 7) is 0.819. The lowest BCUT2D eigenvalue weighted by atomic mass is 10.1. The van der Waals surface area contributed by atoms with Crippen molar-refractivity contribution in [2.24, 2.45) is 0 Å². The van der Waals surface area contributed by atoms with Crippen molar-refractivity contribution in [1.29, 1.82) is 0 Å². The molecule has 1 heterocycles. The van der Waals surface area contributed by atoms with Crippen LogP contribution in [0.15, 0.2) is 53.4 Å². The largest absolute Gasteiger partial charge is 0.343 e. The minimum Gasteiger partial charge on any atom is -0.343 e. The standard InChI is InChI=1S/C23H26ClNO2S/c24-21-14-9-13-20-19-12-5-2-6-15-22(19)25(23(20)21)16-7-8-17-28(26,27)18-10-3-1-4-11-18/h1,3-4,9-11,13-14H,2,5-8,12,15-17H2. The Morgan fingerprint density at radius 2 is 1.68 bits per heavy atom. The first-order chi connectivity index (χ1) is 13.6. The lowest BCUT2D eigenvalue weighted by molar-refractivity contribution is 0.581. The number of sulfone groups is 1. The van der Waals surface area contributed by atoms with Crippen molar-refractivity contribution in [2.75, 3.05) is 5.75 Å². The van der Waals surface area contributed by atoms with E-state index in [2.05, 4.69) is 10.6 Å². The first kappa shape index (κ1) is 19.5. The molecule has 2 aromatic carbocycles. The second-order valence-electron chi connectivity index (χ2n) is 7.61. The molecule has 3 aromatic rings. The zero-order chi connectivity index (χ0) is 19.6. The summed E-state index contributed by atoms with van der Waals surface area (Å²) < 4.78 is 27.4. The van der Waals surface area contributed by atoms with Gasteiger partial charge in [0.1, 0.15) is 0 Å². The maximum atomic E-state index is 12.5. The van der Waals surface area contributed by atoms with Gasteiger partial charge in [0.05, 0.1) is 21.2 Å². The number of aryl methyl sites for hydroxylation is 2. The van der Waals surface area contributed by atoms with E-state index >= 15 is 0 Å². The highest BCUT2D eigenvalue weighted by atomic mass is 35.5. The number of benzene rings is 2. The Hall–Kier alpha value is -1.78. The minimum absolute atomic E-state index is 0.187. The van der Waals surface area contributed by atoms with Crippen LogP contribution in [0.25, 0.3) is 10.9 Å². The highest BCUT2D eigenvalue weighted by Crippen LogP contribution is 2.35. The van der Waals surface area contributed by atoms with E-state index in [0.29, 0.717) is 11.3 Å². The van der Waals surface area contributed by atoms with Gasteiger partial charge < -0.3 is 4.57 Å². The molecule has 4 rings (SSSR count). The minimum atomic E-state index is -3.21. The number of para-hydroxylation sites is 1. The van der Waals surface area contributed by atoms with E-state index in [-0.39, 0.29) is 5.75 Å². The van der Waals surface area contributed by atoms with Gasteiger partial charge in [0.15, 0.2) is 9.84 Å². The predicted octanol–water partition coefficient (Wildman–Crippen LogP) is 5.82. The molecule has 0 amide bonds. The summed E-state index contributed by atoms with van der Waals surface area (Å²) in [6, 6.07) is 14.9. The van der Waals surface area contributed by atoms with E-state index in [9.17, 15) is 8.42 Å². The molecule has 5 heteroatoms. The number of unbranched alkanes of at least 4 members (excludes halogenated alkanes) is 1. The van der Waals surface area contributed by atoms with Crippen molar-refractivity contribution >= 4 is 32.3 Å². The molecule has 3 nitrogen and oxygen atoms in total. The fourth-order valence-corrected chi connectivity index (χ4v) is 6.04. The quantitative estimate of drug-likeness (QED) is 0.376. The lowest BCUT2D eigenvalue weighted by Crippen LogP contribution is -2.09. The van der Waals surface area contributed by atoms with Gasteiger partial charge in [-0.2, -0.15) is 0 Å². The zero-order valence-electron chi connectivity index (χ0n) is 16.0. The first-order valence-electron chi connectivity index (χ1n) is 10.1. The van der Waals surface area contributed by atoms with Gasteiger partial charge in [0, 0.05) is 17.6 Å². The highest BCUT2D eigenvalue weighted by molar-refractivity contribution is 7.91. The van der Waals surface area contributed by atoms with Gasteiger partial charge in [-0.3, -0.25) is 0 Å². The van der Waals surface area contributed by atoms with Crippen LogP contribution < -0.4 is 0 Å². The molecule has 28 heavy (non-hydrogen) atoms. The fourth-order valence-electron chi connectivity index (χ4n) is 4.38. The van der Waals surface area contributed by atoms with Gasteiger partial charge in [-0.15, -0.1) is 0 Å². The molecular weight excluding hydrogens is 390 g/mol. The van der Waals surface area contributed by atoms with Crippen LogP contribution in [0.3, 0.4) is 0 Å². The van der Waals surface area contributed by atoms with Crippen LogP contribution in [-0.2, 0) is 29.2 Å². The van der Waals surface area contributed by atoms with Crippen molar-refractivity contribution in [2.45, 2.75) is 56.4 Å². The van der Waals surface area contributed by atoms with Crippen LogP contribution in [0, 0.1) is 0 Å². The maximum Gasteiger partial charge on any atom is 0.178 e. The number of halogens is 1. The summed E-state index contributed by atoms with van der Waals surface area (Å²) in [7, 11) is -3.21. The molecule has 0 N–H and O–H groups in total. The van der Waals surface area contributed by atoms with Crippen LogP contribution in [0.2, 0.25) is 5.02 Å². The Kier molecular flexibility index (Phi) is 5.79. The number of hydrogen-bond acceptors (Lipinski definition) is 2. The third-order valence-corrected chi connectivity index (χ3v) is 7.86. The molecule has 0 fully saturated rings. The number of nitrogens with zero attached hydrogens (tertiary/aromatic N) is 1. The molecule has 0 radical (unpaired) electrons. The third-order valence-electron chi connectivity index (χ3n) is 5.74. The van der Waals surface area contributed by atoms with E-state index in [0.717, 1.165) is 36.3 Å². The lowest BCUT2D eigenvalue weighted by Gasteiger charge is -2.12. The van der Waals surface area contributed by atoms with Gasteiger partial charge in [-0.05, 0) is 62.3 Å². The number of rotatable bonds is 6. The topological polar surface area (TPSA) is 39.1 Å². The van der Waals surface area contributed by atoms with E-state index in [1.807, 2.05) is 18.2 Å². The van der Waals surface area contributed by atoms with Crippen LogP contribution in [-0.4, -0.2) is 18.7 Å². The van der Waals surface area contributed by atoms with Crippen LogP contribution in [0.5, 0.6) is 0 Å². The average molecular weight is 416 g/mol. The SMILES string of the molecule is O=S(=O)(CCCCn1c2c(c3cccc(Cl)c31)CCCCC2)c1ccccc1. The summed E-state index contributed by atoms with van der Waals surface area (Å²) in [6.07, 6.45) is 7.39. The second kappa shape index (κ2) is 8.30. The molecule has 0 bridgehead atoms. The van der Waals surface area contributed by atoms with Crippen molar-refractivity contribution in [3.63, 3.8) is 0 Å². The summed E-state index contributed by atoms with van der Waals surface area (Å²) >= 11 is 6.57. The first-order valence-corrected chi connectivity index (χ1v) is 12.2. The Bertz CT molecular complexity index is 1070. The summed E-state index contributed by atoms with van der Waals surface area (Å²) in [4.78, 5) is 0.415. The van der Waals surface area contributed by atoms with Gasteiger partial charge in [0.25, 0.3) is 0 Å². The molecule has 0 saturated carbocycles. The van der Waals surface area contributed by atoms with Crippen LogP contribution in [0.4, 0.5) is 0 Å². The predicted molar refractivity (Wildman–Crippen MR) is 116 cm³/mol. The summed E-state index contributed by atoms with van der Waals surface area (Å²) in [5.74, 6) is 0.187. The Morgan fingerprint density at radius 1 is 0.893 bits per heavy atom. The highest BCUT2D eigenvalue weighted by Gasteiger charge is 2.20. The van der Waals surface area contributed by atoms with Crippen molar-refractivity contribution in [3.05, 3.63) is 64.8 Å². The molecular formula is C23H26ClNO2S. The number of fused-ring (bicyclic) bond motifs is 3. The molecule has 1 aliphatic rings. The zero-order valence-corrected chi connectivity index (χ0v) is 17.6. The fraction of sp³-hybridized carbons (Fsp3) is 0.391. The number of hydrogen-bond donors (Lipinski definition) is 0. The molecule has 0 spiro atoms. The van der Waals surface area contributed by atoms with Gasteiger partial charge in [-0.25, -0.2) is 8.42 Å². The average Bonchev–Trinajstić information content (AvgIpc) is 2.84. The van der Waals surface area contributed by atoms with Gasteiger partial charge in [-0.1, -0.05) is 48.4 Å². The van der Waals surface area contributed by atoms with E-state index in [1.165, 1.54) is 35.9 Å². The Morgan fingerprint density at radius 3 is 2.50 bits per heavy atom. The number of aromatic nitrogens is 1. The van der Waals surface area contributed by atoms with E-state index in [4.69, 9.17) is 11.6 Å². The third kappa shape index (κ3) is 3.85. The molecule has 148 valence electrons. The van der Waals surface area contributed by atoms with Crippen LogP contribution in [0.1, 0.15) is 43.4 Å². The molecule has 1 aromatic heterocycles. The second-order valence-corrected chi connectivity index (χ2v) is 10.1. The maximum absolute atomic E-state index is 12.5. The molecule has 0 saturated heterocycles. The molecule has 0 unspecified atom stereocenters. The summed E-state index contributed by atoms with van der Waals surface area (Å²) in [5.41, 5.74) is 3.99. The van der Waals surface area contributed by atoms with Crippen molar-refractivity contribution < 1.29 is 8.42 Å². The van der Waals surface area contributed by atoms with E-state index < -0.39 is 9.84 Å². The molecule has 0 atom stereocenters. The van der Waals surface area contributed by atoms with Crippen LogP contribution >= 0.6 is 11.6 Å². The van der Waals surface area contributed by atoms with E-state index in [1.54, 1.807) is 24.3 Å². The van der Waals surface area contributed by atoms with Crippen molar-refractivity contribution in [3.8, 4) is 0 Å². The summed E-state index contributed by atoms with van der Waals surface area (Å²) in [5, 5.41) is 2.07. The Balaban J connectivity index is 1.53. The molecule has 1 aliphatic carbocycles. The normalized spacial score (nSPS) is 14.8. The van der Waals surface area contributed by atoms with Gasteiger partial charge >= 0.3 is 0 Å². The monoisotopic (exact) mass is 415 g/mol.